The van der Waals surface area contributed by atoms with E-state index < -0.39 is 0 Å². The maximum Gasteiger partial charge on any atom is 0.0541 e. The van der Waals surface area contributed by atoms with Crippen molar-refractivity contribution in [2.45, 2.75) is 19.3 Å². The van der Waals surface area contributed by atoms with Gasteiger partial charge in [0.2, 0.25) is 0 Å². The molecule has 2 heterocycles. The van der Waals surface area contributed by atoms with Crippen molar-refractivity contribution in [3.8, 4) is 39.1 Å². The first kappa shape index (κ1) is 31.1. The zero-order valence-electron chi connectivity index (χ0n) is 29.7. The van der Waals surface area contributed by atoms with Gasteiger partial charge in [-0.2, -0.15) is 0 Å². The van der Waals surface area contributed by atoms with Crippen LogP contribution in [0.2, 0.25) is 0 Å². The normalized spacial score (nSPS) is 12.9. The van der Waals surface area contributed by atoms with Crippen LogP contribution in [-0.4, -0.2) is 9.55 Å². The van der Waals surface area contributed by atoms with Gasteiger partial charge in [0.15, 0.2) is 0 Å². The maximum atomic E-state index is 4.35. The van der Waals surface area contributed by atoms with E-state index >= 15 is 0 Å². The second-order valence-corrected chi connectivity index (χ2v) is 14.5. The van der Waals surface area contributed by atoms with E-state index in [4.69, 9.17) is 0 Å². The summed E-state index contributed by atoms with van der Waals surface area (Å²) in [6.45, 7) is 4.69. The average Bonchev–Trinajstić information content (AvgIpc) is 3.67. The molecule has 1 aliphatic carbocycles. The summed E-state index contributed by atoms with van der Waals surface area (Å²) in [6, 6.07) is 64.0. The van der Waals surface area contributed by atoms with Crippen molar-refractivity contribution in [3.63, 3.8) is 0 Å². The van der Waals surface area contributed by atoms with Crippen LogP contribution in [0, 0.1) is 0 Å². The summed E-state index contributed by atoms with van der Waals surface area (Å²) >= 11 is 0. The Hall–Kier alpha value is -6.71. The van der Waals surface area contributed by atoms with E-state index in [0.29, 0.717) is 0 Å². The number of para-hydroxylation sites is 2. The Balaban J connectivity index is 1.07. The summed E-state index contributed by atoms with van der Waals surface area (Å²) in [5.41, 5.74) is 16.9. The van der Waals surface area contributed by atoms with E-state index in [9.17, 15) is 0 Å². The summed E-state index contributed by atoms with van der Waals surface area (Å²) < 4.78 is 2.37. The van der Waals surface area contributed by atoms with Gasteiger partial charge in [0.1, 0.15) is 0 Å². The number of anilines is 3. The number of hydrogen-bond donors (Lipinski definition) is 0. The minimum Gasteiger partial charge on any atom is -0.310 e. The number of benzene rings is 7. The van der Waals surface area contributed by atoms with E-state index in [0.717, 1.165) is 28.2 Å². The summed E-state index contributed by atoms with van der Waals surface area (Å²) in [6.07, 6.45) is 3.74. The number of rotatable bonds is 6. The van der Waals surface area contributed by atoms with Gasteiger partial charge in [-0.05, 0) is 117 Å². The second-order valence-electron chi connectivity index (χ2n) is 14.5. The first-order chi connectivity index (χ1) is 26.0. The van der Waals surface area contributed by atoms with Gasteiger partial charge in [0.25, 0.3) is 0 Å². The third-order valence-corrected chi connectivity index (χ3v) is 11.1. The lowest BCUT2D eigenvalue weighted by Gasteiger charge is -2.28. The largest absolute Gasteiger partial charge is 0.310 e. The molecule has 0 amide bonds. The number of nitrogens with zero attached hydrogens (tertiary/aromatic N) is 3. The zero-order chi connectivity index (χ0) is 35.5. The molecular weight excluding hydrogens is 643 g/mol. The highest BCUT2D eigenvalue weighted by Crippen LogP contribution is 2.50. The van der Waals surface area contributed by atoms with E-state index in [-0.39, 0.29) is 5.41 Å². The lowest BCUT2D eigenvalue weighted by Crippen LogP contribution is -2.16. The number of fused-ring (bicyclic) bond motifs is 6. The van der Waals surface area contributed by atoms with E-state index in [1.807, 2.05) is 18.5 Å². The monoisotopic (exact) mass is 679 g/mol. The van der Waals surface area contributed by atoms with Crippen molar-refractivity contribution in [3.05, 3.63) is 199 Å². The minimum absolute atomic E-state index is 0.0933. The number of aromatic nitrogens is 2. The van der Waals surface area contributed by atoms with Gasteiger partial charge >= 0.3 is 0 Å². The Labute approximate surface area is 310 Å². The fourth-order valence-electron chi connectivity index (χ4n) is 8.43. The van der Waals surface area contributed by atoms with Crippen molar-refractivity contribution in [2.24, 2.45) is 0 Å². The van der Waals surface area contributed by atoms with E-state index in [1.165, 1.54) is 60.9 Å². The fraction of sp³-hybridized carbons (Fsp3) is 0.0600. The Morgan fingerprint density at radius 2 is 1.08 bits per heavy atom. The predicted molar refractivity (Wildman–Crippen MR) is 222 cm³/mol. The van der Waals surface area contributed by atoms with Gasteiger partial charge in [-0.3, -0.25) is 4.98 Å². The lowest BCUT2D eigenvalue weighted by molar-refractivity contribution is 0.660. The van der Waals surface area contributed by atoms with Crippen molar-refractivity contribution in [2.75, 3.05) is 4.90 Å². The number of hydrogen-bond acceptors (Lipinski definition) is 2. The van der Waals surface area contributed by atoms with Gasteiger partial charge in [-0.15, -0.1) is 0 Å². The molecule has 0 aliphatic heterocycles. The SMILES string of the molecule is CC1(C)c2ccccc2-c2ccc(N(c3ccc(-c4cccnc4)cc3)c3ccc(-c4ccc5c(c4)c4ccccc4n5-c4ccccc4)cc3)cc21. The molecule has 9 aromatic rings. The van der Waals surface area contributed by atoms with Gasteiger partial charge < -0.3 is 9.47 Å². The van der Waals surface area contributed by atoms with E-state index in [1.54, 1.807) is 0 Å². The molecule has 0 bridgehead atoms. The van der Waals surface area contributed by atoms with Gasteiger partial charge in [0, 0.05) is 51.3 Å². The molecule has 0 atom stereocenters. The van der Waals surface area contributed by atoms with Crippen molar-refractivity contribution >= 4 is 38.9 Å². The van der Waals surface area contributed by atoms with Crippen LogP contribution in [0.3, 0.4) is 0 Å². The van der Waals surface area contributed by atoms with Crippen LogP contribution >= 0.6 is 0 Å². The second kappa shape index (κ2) is 12.2. The molecule has 0 saturated carbocycles. The van der Waals surface area contributed by atoms with Crippen molar-refractivity contribution < 1.29 is 0 Å². The Morgan fingerprint density at radius 3 is 1.83 bits per heavy atom. The van der Waals surface area contributed by atoms with Crippen LogP contribution in [0.25, 0.3) is 60.9 Å². The van der Waals surface area contributed by atoms with Crippen LogP contribution in [-0.2, 0) is 5.41 Å². The van der Waals surface area contributed by atoms with Gasteiger partial charge in [-0.1, -0.05) is 117 Å². The topological polar surface area (TPSA) is 21.1 Å². The molecule has 10 rings (SSSR count). The molecule has 0 radical (unpaired) electrons. The summed E-state index contributed by atoms with van der Waals surface area (Å²) in [5, 5.41) is 2.51. The Morgan fingerprint density at radius 1 is 0.453 bits per heavy atom. The summed E-state index contributed by atoms with van der Waals surface area (Å²) in [7, 11) is 0. The molecule has 0 fully saturated rings. The van der Waals surface area contributed by atoms with Crippen LogP contribution in [0.5, 0.6) is 0 Å². The van der Waals surface area contributed by atoms with Crippen molar-refractivity contribution in [1.29, 1.82) is 0 Å². The standard InChI is InChI=1S/C50H37N3/c1-50(2)46-16-8-6-14-42(46)43-28-27-41(32-47(43)50)52(40-25-20-35(21-26-40)37-11-10-30-51-33-37)39-23-18-34(19-24-39)36-22-29-49-45(31-36)44-15-7-9-17-48(44)53(49)38-12-4-3-5-13-38/h3-33H,1-2H3. The quantitative estimate of drug-likeness (QED) is 0.174. The molecule has 0 N–H and O–H groups in total. The zero-order valence-corrected chi connectivity index (χ0v) is 29.7. The molecule has 2 aromatic heterocycles. The molecule has 0 unspecified atom stereocenters. The first-order valence-corrected chi connectivity index (χ1v) is 18.3. The van der Waals surface area contributed by atoms with Crippen LogP contribution in [0.15, 0.2) is 188 Å². The van der Waals surface area contributed by atoms with Crippen molar-refractivity contribution in [1.82, 2.24) is 9.55 Å². The Kier molecular flexibility index (Phi) is 7.16. The highest BCUT2D eigenvalue weighted by atomic mass is 15.1. The molecular formula is C50H37N3. The Bertz CT molecular complexity index is 2780. The van der Waals surface area contributed by atoms with Crippen LogP contribution < -0.4 is 4.90 Å². The lowest BCUT2D eigenvalue weighted by atomic mass is 9.82. The first-order valence-electron chi connectivity index (χ1n) is 18.3. The molecule has 3 nitrogen and oxygen atoms in total. The third kappa shape index (κ3) is 5.08. The fourth-order valence-corrected chi connectivity index (χ4v) is 8.43. The molecule has 7 aromatic carbocycles. The number of pyridine rings is 1. The van der Waals surface area contributed by atoms with E-state index in [2.05, 4.69) is 198 Å². The molecule has 1 aliphatic rings. The molecule has 252 valence electrons. The molecule has 53 heavy (non-hydrogen) atoms. The van der Waals surface area contributed by atoms with Crippen LogP contribution in [0.4, 0.5) is 17.1 Å². The maximum absolute atomic E-state index is 4.35. The predicted octanol–water partition coefficient (Wildman–Crippen LogP) is 13.3. The minimum atomic E-state index is -0.0933. The van der Waals surface area contributed by atoms with Crippen LogP contribution in [0.1, 0.15) is 25.0 Å². The highest BCUT2D eigenvalue weighted by molar-refractivity contribution is 6.10. The third-order valence-electron chi connectivity index (χ3n) is 11.1. The summed E-state index contributed by atoms with van der Waals surface area (Å²) in [4.78, 5) is 6.73. The van der Waals surface area contributed by atoms with Gasteiger partial charge in [0.05, 0.1) is 11.0 Å². The highest BCUT2D eigenvalue weighted by Gasteiger charge is 2.35. The molecule has 0 spiro atoms. The smallest absolute Gasteiger partial charge is 0.0541 e. The molecule has 3 heteroatoms. The summed E-state index contributed by atoms with van der Waals surface area (Å²) in [5.74, 6) is 0. The average molecular weight is 680 g/mol. The molecule has 0 saturated heterocycles. The van der Waals surface area contributed by atoms with Gasteiger partial charge in [-0.25, -0.2) is 0 Å².